The lowest BCUT2D eigenvalue weighted by atomic mass is 9.94. The zero-order valence-electron chi connectivity index (χ0n) is 12.8. The Hall–Kier alpha value is -1.93. The van der Waals surface area contributed by atoms with Crippen LogP contribution in [0.4, 0.5) is 5.69 Å². The zero-order chi connectivity index (χ0) is 17.3. The molecule has 126 valence electrons. The summed E-state index contributed by atoms with van der Waals surface area (Å²) in [6, 6.07) is 3.87. The van der Waals surface area contributed by atoms with Crippen molar-refractivity contribution in [2.45, 2.75) is 38.1 Å². The van der Waals surface area contributed by atoms with Crippen molar-refractivity contribution in [2.24, 2.45) is 0 Å². The number of nitrogens with zero attached hydrogens (tertiary/aromatic N) is 2. The van der Waals surface area contributed by atoms with Gasteiger partial charge in [0, 0.05) is 23.7 Å². The van der Waals surface area contributed by atoms with E-state index in [4.69, 9.17) is 12.2 Å². The molecule has 0 radical (unpaired) electrons. The molecule has 1 aromatic rings. The standard InChI is InChI=1S/C16H16N2O4S2/c19-13-7-6-12(18(21)22)8-10(13)9-14-15(20)17(16(23)24-14)11-4-2-1-3-5-11/h6-9,11,19H,1-5H2/b14-9+. The number of nitro groups is 1. The van der Waals surface area contributed by atoms with Crippen LogP contribution >= 0.6 is 24.0 Å². The van der Waals surface area contributed by atoms with Crippen LogP contribution in [-0.2, 0) is 4.79 Å². The normalized spacial score (nSPS) is 20.8. The fourth-order valence-electron chi connectivity index (χ4n) is 3.05. The summed E-state index contributed by atoms with van der Waals surface area (Å²) in [5.74, 6) is -0.286. The highest BCUT2D eigenvalue weighted by atomic mass is 32.2. The number of non-ortho nitro benzene ring substituents is 1. The molecule has 2 fully saturated rings. The fourth-order valence-corrected chi connectivity index (χ4v) is 4.44. The van der Waals surface area contributed by atoms with Crippen LogP contribution in [0, 0.1) is 10.1 Å². The first-order valence-corrected chi connectivity index (χ1v) is 8.94. The average molecular weight is 364 g/mol. The number of nitro benzene ring substituents is 1. The van der Waals surface area contributed by atoms with E-state index in [0.717, 1.165) is 25.7 Å². The van der Waals surface area contributed by atoms with Gasteiger partial charge in [-0.05, 0) is 25.0 Å². The van der Waals surface area contributed by atoms with Crippen molar-refractivity contribution in [3.63, 3.8) is 0 Å². The molecule has 3 rings (SSSR count). The number of thioether (sulfide) groups is 1. The number of benzene rings is 1. The summed E-state index contributed by atoms with van der Waals surface area (Å²) < 4.78 is 0.517. The summed E-state index contributed by atoms with van der Waals surface area (Å²) in [5.41, 5.74) is 0.107. The highest BCUT2D eigenvalue weighted by Crippen LogP contribution is 2.38. The molecule has 1 saturated heterocycles. The average Bonchev–Trinajstić information content (AvgIpc) is 2.84. The van der Waals surface area contributed by atoms with Crippen molar-refractivity contribution < 1.29 is 14.8 Å². The number of thiocarbonyl (C=S) groups is 1. The first-order valence-electron chi connectivity index (χ1n) is 7.72. The number of phenolic OH excluding ortho intramolecular Hbond substituents is 1. The SMILES string of the molecule is O=C1/C(=C\c2cc([N+](=O)[O-])ccc2O)SC(=S)N1C1CCCCC1. The number of phenols is 1. The molecule has 0 spiro atoms. The Bertz CT molecular complexity index is 742. The second kappa shape index (κ2) is 6.90. The number of carbonyl (C=O) groups is 1. The Morgan fingerprint density at radius 3 is 2.71 bits per heavy atom. The molecule has 1 saturated carbocycles. The maximum absolute atomic E-state index is 12.7. The van der Waals surface area contributed by atoms with Crippen LogP contribution in [0.3, 0.4) is 0 Å². The summed E-state index contributed by atoms with van der Waals surface area (Å²) >= 11 is 6.53. The fraction of sp³-hybridized carbons (Fsp3) is 0.375. The van der Waals surface area contributed by atoms with Crippen LogP contribution in [0.25, 0.3) is 6.08 Å². The Morgan fingerprint density at radius 1 is 1.33 bits per heavy atom. The molecule has 1 amide bonds. The van der Waals surface area contributed by atoms with Crippen molar-refractivity contribution >= 4 is 46.0 Å². The van der Waals surface area contributed by atoms with Gasteiger partial charge in [-0.25, -0.2) is 0 Å². The third-order valence-electron chi connectivity index (χ3n) is 4.27. The maximum Gasteiger partial charge on any atom is 0.270 e. The van der Waals surface area contributed by atoms with Crippen LogP contribution in [-0.4, -0.2) is 31.2 Å². The van der Waals surface area contributed by atoms with Gasteiger partial charge in [-0.2, -0.15) is 0 Å². The molecule has 6 nitrogen and oxygen atoms in total. The molecule has 1 heterocycles. The lowest BCUT2D eigenvalue weighted by Crippen LogP contribution is -2.39. The van der Waals surface area contributed by atoms with E-state index in [0.29, 0.717) is 9.23 Å². The molecule has 0 atom stereocenters. The predicted molar refractivity (Wildman–Crippen MR) is 96.6 cm³/mol. The summed E-state index contributed by atoms with van der Waals surface area (Å²) in [5, 5.41) is 20.8. The van der Waals surface area contributed by atoms with Gasteiger partial charge in [0.1, 0.15) is 10.1 Å². The Kier molecular flexibility index (Phi) is 4.86. The lowest BCUT2D eigenvalue weighted by Gasteiger charge is -2.29. The van der Waals surface area contributed by atoms with Crippen LogP contribution < -0.4 is 0 Å². The van der Waals surface area contributed by atoms with Gasteiger partial charge in [-0.15, -0.1) is 0 Å². The molecule has 2 aliphatic rings. The minimum Gasteiger partial charge on any atom is -0.507 e. The van der Waals surface area contributed by atoms with Gasteiger partial charge >= 0.3 is 0 Å². The topological polar surface area (TPSA) is 83.7 Å². The van der Waals surface area contributed by atoms with Gasteiger partial charge in [-0.3, -0.25) is 19.8 Å². The molecule has 1 aliphatic heterocycles. The molecule has 1 aromatic carbocycles. The minimum atomic E-state index is -0.538. The second-order valence-electron chi connectivity index (χ2n) is 5.84. The van der Waals surface area contributed by atoms with Crippen molar-refractivity contribution in [1.29, 1.82) is 0 Å². The van der Waals surface area contributed by atoms with Crippen molar-refractivity contribution in [3.8, 4) is 5.75 Å². The summed E-state index contributed by atoms with van der Waals surface area (Å²) in [7, 11) is 0. The van der Waals surface area contributed by atoms with Gasteiger partial charge in [0.05, 0.1) is 9.83 Å². The van der Waals surface area contributed by atoms with Gasteiger partial charge in [0.15, 0.2) is 0 Å². The van der Waals surface area contributed by atoms with E-state index in [1.54, 1.807) is 4.90 Å². The maximum atomic E-state index is 12.7. The Labute approximate surface area is 148 Å². The monoisotopic (exact) mass is 364 g/mol. The zero-order valence-corrected chi connectivity index (χ0v) is 14.4. The molecular formula is C16H16N2O4S2. The smallest absolute Gasteiger partial charge is 0.270 e. The van der Waals surface area contributed by atoms with Crippen LogP contribution in [0.1, 0.15) is 37.7 Å². The van der Waals surface area contributed by atoms with Crippen LogP contribution in [0.2, 0.25) is 0 Å². The lowest BCUT2D eigenvalue weighted by molar-refractivity contribution is -0.384. The van der Waals surface area contributed by atoms with Crippen molar-refractivity contribution in [3.05, 3.63) is 38.8 Å². The Morgan fingerprint density at radius 2 is 2.04 bits per heavy atom. The predicted octanol–water partition coefficient (Wildman–Crippen LogP) is 3.83. The molecule has 8 heteroatoms. The molecule has 0 bridgehead atoms. The van der Waals surface area contributed by atoms with Crippen molar-refractivity contribution in [1.82, 2.24) is 4.90 Å². The number of aromatic hydroxyl groups is 1. The number of hydrogen-bond acceptors (Lipinski definition) is 6. The van der Waals surface area contributed by atoms with Crippen molar-refractivity contribution in [2.75, 3.05) is 0 Å². The highest BCUT2D eigenvalue weighted by Gasteiger charge is 2.37. The first-order chi connectivity index (χ1) is 11.5. The van der Waals surface area contributed by atoms with Crippen LogP contribution in [0.5, 0.6) is 5.75 Å². The van der Waals surface area contributed by atoms with E-state index in [1.165, 1.54) is 42.5 Å². The third kappa shape index (κ3) is 3.29. The van der Waals surface area contributed by atoms with E-state index in [9.17, 15) is 20.0 Å². The summed E-state index contributed by atoms with van der Waals surface area (Å²) in [6.07, 6.45) is 6.73. The first kappa shape index (κ1) is 16.9. The molecule has 0 aromatic heterocycles. The molecule has 1 N–H and O–H groups in total. The Balaban J connectivity index is 1.89. The second-order valence-corrected chi connectivity index (χ2v) is 7.52. The largest absolute Gasteiger partial charge is 0.507 e. The third-order valence-corrected chi connectivity index (χ3v) is 5.60. The quantitative estimate of drug-likeness (QED) is 0.380. The highest BCUT2D eigenvalue weighted by molar-refractivity contribution is 8.26. The molecule has 1 aliphatic carbocycles. The van der Waals surface area contributed by atoms with Gasteiger partial charge in [0.25, 0.3) is 11.6 Å². The summed E-state index contributed by atoms with van der Waals surface area (Å²) in [6.45, 7) is 0. The molecule has 24 heavy (non-hydrogen) atoms. The van der Waals surface area contributed by atoms with E-state index >= 15 is 0 Å². The molecule has 0 unspecified atom stereocenters. The van der Waals surface area contributed by atoms with E-state index in [-0.39, 0.29) is 28.9 Å². The van der Waals surface area contributed by atoms with E-state index < -0.39 is 4.92 Å². The number of hydrogen-bond donors (Lipinski definition) is 1. The van der Waals surface area contributed by atoms with Gasteiger partial charge < -0.3 is 5.11 Å². The van der Waals surface area contributed by atoms with Crippen LogP contribution in [0.15, 0.2) is 23.1 Å². The van der Waals surface area contributed by atoms with Gasteiger partial charge in [0.2, 0.25) is 0 Å². The summed E-state index contributed by atoms with van der Waals surface area (Å²) in [4.78, 5) is 25.1. The number of rotatable bonds is 3. The number of carbonyl (C=O) groups excluding carboxylic acids is 1. The van der Waals surface area contributed by atoms with Gasteiger partial charge in [-0.1, -0.05) is 43.2 Å². The van der Waals surface area contributed by atoms with E-state index in [2.05, 4.69) is 0 Å². The minimum absolute atomic E-state index is 0.108. The molecular weight excluding hydrogens is 348 g/mol. The number of amides is 1. The van der Waals surface area contributed by atoms with E-state index in [1.807, 2.05) is 0 Å².